The number of amides is 1. The Hall–Kier alpha value is -2.04. The molecule has 118 valence electrons. The molecular weight excluding hydrogens is 333 g/mol. The molecule has 3 aromatic rings. The SMILES string of the molecule is CCn1c(C(=O)Nc2cccnc2Cl)c(C)c2cc(Cl)ccc21. The summed E-state index contributed by atoms with van der Waals surface area (Å²) in [6.45, 7) is 4.60. The maximum Gasteiger partial charge on any atom is 0.272 e. The van der Waals surface area contributed by atoms with Gasteiger partial charge in [0.25, 0.3) is 5.91 Å². The minimum atomic E-state index is -0.216. The molecule has 0 aliphatic carbocycles. The first-order valence-electron chi connectivity index (χ1n) is 7.23. The predicted octanol–water partition coefficient (Wildman–Crippen LogP) is 4.92. The zero-order chi connectivity index (χ0) is 16.6. The predicted molar refractivity (Wildman–Crippen MR) is 94.6 cm³/mol. The van der Waals surface area contributed by atoms with Crippen LogP contribution in [-0.2, 0) is 6.54 Å². The number of aromatic nitrogens is 2. The van der Waals surface area contributed by atoms with Crippen LogP contribution in [0.1, 0.15) is 23.0 Å². The van der Waals surface area contributed by atoms with Crippen molar-refractivity contribution in [3.05, 3.63) is 58.0 Å². The van der Waals surface area contributed by atoms with Crippen LogP contribution in [0.4, 0.5) is 5.69 Å². The maximum atomic E-state index is 12.8. The molecule has 0 unspecified atom stereocenters. The lowest BCUT2D eigenvalue weighted by Gasteiger charge is -2.10. The highest BCUT2D eigenvalue weighted by Gasteiger charge is 2.20. The first kappa shape index (κ1) is 15.8. The minimum absolute atomic E-state index is 0.216. The monoisotopic (exact) mass is 347 g/mol. The van der Waals surface area contributed by atoms with E-state index in [2.05, 4.69) is 10.3 Å². The van der Waals surface area contributed by atoms with E-state index in [4.69, 9.17) is 23.2 Å². The smallest absolute Gasteiger partial charge is 0.272 e. The number of nitrogens with zero attached hydrogens (tertiary/aromatic N) is 2. The summed E-state index contributed by atoms with van der Waals surface area (Å²) >= 11 is 12.1. The molecule has 1 aromatic carbocycles. The van der Waals surface area contributed by atoms with Crippen molar-refractivity contribution in [1.82, 2.24) is 9.55 Å². The van der Waals surface area contributed by atoms with Crippen LogP contribution in [0, 0.1) is 6.92 Å². The number of nitrogens with one attached hydrogen (secondary N) is 1. The van der Waals surface area contributed by atoms with E-state index in [-0.39, 0.29) is 11.1 Å². The molecule has 0 aliphatic heterocycles. The number of pyridine rings is 1. The molecule has 0 spiro atoms. The molecular formula is C17H15Cl2N3O. The highest BCUT2D eigenvalue weighted by molar-refractivity contribution is 6.33. The normalized spacial score (nSPS) is 11.0. The third kappa shape index (κ3) is 2.80. The van der Waals surface area contributed by atoms with Gasteiger partial charge in [-0.15, -0.1) is 0 Å². The standard InChI is InChI=1S/C17H15Cl2N3O/c1-3-22-14-7-6-11(18)9-12(14)10(2)15(22)17(23)21-13-5-4-8-20-16(13)19/h4-9H,3H2,1-2H3,(H,21,23). The van der Waals surface area contributed by atoms with Crippen molar-refractivity contribution in [2.24, 2.45) is 0 Å². The molecule has 6 heteroatoms. The second-order valence-corrected chi connectivity index (χ2v) is 5.97. The van der Waals surface area contributed by atoms with Crippen molar-refractivity contribution in [2.45, 2.75) is 20.4 Å². The summed E-state index contributed by atoms with van der Waals surface area (Å²) in [6.07, 6.45) is 1.58. The zero-order valence-electron chi connectivity index (χ0n) is 12.7. The number of anilines is 1. The molecule has 23 heavy (non-hydrogen) atoms. The maximum absolute atomic E-state index is 12.8. The van der Waals surface area contributed by atoms with Gasteiger partial charge in [-0.25, -0.2) is 4.98 Å². The average molecular weight is 348 g/mol. The van der Waals surface area contributed by atoms with Crippen molar-refractivity contribution in [3.63, 3.8) is 0 Å². The molecule has 2 aromatic heterocycles. The highest BCUT2D eigenvalue weighted by atomic mass is 35.5. The van der Waals surface area contributed by atoms with Crippen molar-refractivity contribution in [3.8, 4) is 0 Å². The molecule has 0 saturated carbocycles. The van der Waals surface area contributed by atoms with Gasteiger partial charge in [0, 0.05) is 28.7 Å². The number of aryl methyl sites for hydroxylation is 2. The first-order valence-corrected chi connectivity index (χ1v) is 7.98. The summed E-state index contributed by atoms with van der Waals surface area (Å²) in [5, 5.41) is 4.72. The lowest BCUT2D eigenvalue weighted by atomic mass is 10.1. The lowest BCUT2D eigenvalue weighted by Crippen LogP contribution is -2.18. The van der Waals surface area contributed by atoms with Crippen LogP contribution in [-0.4, -0.2) is 15.5 Å². The van der Waals surface area contributed by atoms with Crippen LogP contribution in [0.5, 0.6) is 0 Å². The van der Waals surface area contributed by atoms with Gasteiger partial charge < -0.3 is 9.88 Å². The van der Waals surface area contributed by atoms with Gasteiger partial charge in [0.05, 0.1) is 5.69 Å². The Morgan fingerprint density at radius 2 is 2.09 bits per heavy atom. The van der Waals surface area contributed by atoms with Crippen molar-refractivity contribution in [2.75, 3.05) is 5.32 Å². The lowest BCUT2D eigenvalue weighted by molar-refractivity contribution is 0.101. The minimum Gasteiger partial charge on any atom is -0.337 e. The van der Waals surface area contributed by atoms with Crippen LogP contribution >= 0.6 is 23.2 Å². The molecule has 0 atom stereocenters. The molecule has 0 fully saturated rings. The quantitative estimate of drug-likeness (QED) is 0.683. The first-order chi connectivity index (χ1) is 11.0. The summed E-state index contributed by atoms with van der Waals surface area (Å²) in [7, 11) is 0. The Morgan fingerprint density at radius 1 is 1.30 bits per heavy atom. The Morgan fingerprint density at radius 3 is 2.78 bits per heavy atom. The Bertz CT molecular complexity index is 902. The fourth-order valence-corrected chi connectivity index (χ4v) is 3.12. The van der Waals surface area contributed by atoms with E-state index < -0.39 is 0 Å². The summed E-state index contributed by atoms with van der Waals surface area (Å²) < 4.78 is 1.97. The second kappa shape index (κ2) is 6.22. The van der Waals surface area contributed by atoms with E-state index in [0.717, 1.165) is 16.5 Å². The largest absolute Gasteiger partial charge is 0.337 e. The van der Waals surface area contributed by atoms with Crippen molar-refractivity contribution < 1.29 is 4.79 Å². The molecule has 0 saturated heterocycles. The number of fused-ring (bicyclic) bond motifs is 1. The fourth-order valence-electron chi connectivity index (χ4n) is 2.78. The van der Waals surface area contributed by atoms with Gasteiger partial charge in [0.1, 0.15) is 5.69 Å². The van der Waals surface area contributed by atoms with Crippen molar-refractivity contribution in [1.29, 1.82) is 0 Å². The zero-order valence-corrected chi connectivity index (χ0v) is 14.2. The van der Waals surface area contributed by atoms with E-state index in [1.54, 1.807) is 18.3 Å². The van der Waals surface area contributed by atoms with E-state index >= 15 is 0 Å². The Kier molecular flexibility index (Phi) is 4.28. The van der Waals surface area contributed by atoms with Crippen molar-refractivity contribution >= 4 is 45.7 Å². The molecule has 3 rings (SSSR count). The third-order valence-corrected chi connectivity index (χ3v) is 4.35. The summed E-state index contributed by atoms with van der Waals surface area (Å²) in [6, 6.07) is 9.09. The molecule has 0 aliphatic rings. The fraction of sp³-hybridized carbons (Fsp3) is 0.176. The van der Waals surface area contributed by atoms with Gasteiger partial charge in [0.15, 0.2) is 5.15 Å². The van der Waals surface area contributed by atoms with E-state index in [1.807, 2.05) is 36.6 Å². The van der Waals surface area contributed by atoms with Crippen LogP contribution in [0.2, 0.25) is 10.2 Å². The van der Waals surface area contributed by atoms with Gasteiger partial charge in [-0.05, 0) is 49.7 Å². The number of benzene rings is 1. The van der Waals surface area contributed by atoms with Crippen LogP contribution in [0.3, 0.4) is 0 Å². The number of carbonyl (C=O) groups is 1. The number of carbonyl (C=O) groups excluding carboxylic acids is 1. The molecule has 1 N–H and O–H groups in total. The summed E-state index contributed by atoms with van der Waals surface area (Å²) in [5.41, 5.74) is 2.97. The molecule has 4 nitrogen and oxygen atoms in total. The highest BCUT2D eigenvalue weighted by Crippen LogP contribution is 2.29. The molecule has 1 amide bonds. The van der Waals surface area contributed by atoms with Gasteiger partial charge in [-0.2, -0.15) is 0 Å². The van der Waals surface area contributed by atoms with E-state index in [0.29, 0.717) is 22.9 Å². The molecule has 0 bridgehead atoms. The van der Waals surface area contributed by atoms with E-state index in [9.17, 15) is 4.79 Å². The molecule has 0 radical (unpaired) electrons. The summed E-state index contributed by atoms with van der Waals surface area (Å²) in [4.78, 5) is 16.7. The van der Waals surface area contributed by atoms with Crippen LogP contribution < -0.4 is 5.32 Å². The van der Waals surface area contributed by atoms with E-state index in [1.165, 1.54) is 0 Å². The summed E-state index contributed by atoms with van der Waals surface area (Å²) in [5.74, 6) is -0.216. The second-order valence-electron chi connectivity index (χ2n) is 5.18. The Labute approximate surface area is 144 Å². The average Bonchev–Trinajstić information content (AvgIpc) is 2.81. The van der Waals surface area contributed by atoms with Gasteiger partial charge in [-0.1, -0.05) is 23.2 Å². The van der Waals surface area contributed by atoms with Gasteiger partial charge in [0.2, 0.25) is 0 Å². The molecule has 2 heterocycles. The third-order valence-electron chi connectivity index (χ3n) is 3.82. The number of halogens is 2. The van der Waals surface area contributed by atoms with Crippen LogP contribution in [0.25, 0.3) is 10.9 Å². The topological polar surface area (TPSA) is 46.9 Å². The van der Waals surface area contributed by atoms with Gasteiger partial charge >= 0.3 is 0 Å². The van der Waals surface area contributed by atoms with Gasteiger partial charge in [-0.3, -0.25) is 4.79 Å². The Balaban J connectivity index is 2.10. The van der Waals surface area contributed by atoms with Crippen LogP contribution in [0.15, 0.2) is 36.5 Å². The number of hydrogen-bond donors (Lipinski definition) is 1. The number of rotatable bonds is 3. The number of hydrogen-bond acceptors (Lipinski definition) is 2.